The number of nitrogens with one attached hydrogen (secondary N) is 2. The van der Waals surface area contributed by atoms with Crippen LogP contribution in [0.3, 0.4) is 0 Å². The van der Waals surface area contributed by atoms with Crippen molar-refractivity contribution >= 4 is 17.6 Å². The maximum atomic E-state index is 14.9. The monoisotopic (exact) mass is 512 g/mol. The Morgan fingerprint density at radius 2 is 1.82 bits per heavy atom. The molecule has 1 amide bonds. The second-order valence-corrected chi connectivity index (χ2v) is 9.54. The summed E-state index contributed by atoms with van der Waals surface area (Å²) in [6.07, 6.45) is 3.16. The van der Waals surface area contributed by atoms with Crippen molar-refractivity contribution in [3.63, 3.8) is 0 Å². The normalized spacial score (nSPS) is 13.7. The maximum Gasteiger partial charge on any atom is 0.356 e. The number of aromatic nitrogens is 2. The summed E-state index contributed by atoms with van der Waals surface area (Å²) in [5.41, 5.74) is 3.12. The predicted molar refractivity (Wildman–Crippen MR) is 143 cm³/mol. The largest absolute Gasteiger partial charge is 0.476 e. The highest BCUT2D eigenvalue weighted by Gasteiger charge is 2.25. The van der Waals surface area contributed by atoms with E-state index in [0.717, 1.165) is 29.7 Å². The number of amides is 1. The molecule has 1 aliphatic carbocycles. The molecule has 3 aromatic carbocycles. The second-order valence-electron chi connectivity index (χ2n) is 9.54. The lowest BCUT2D eigenvalue weighted by molar-refractivity contribution is 0.0689. The Balaban J connectivity index is 1.47. The van der Waals surface area contributed by atoms with Gasteiger partial charge in [0.05, 0.1) is 17.4 Å². The van der Waals surface area contributed by atoms with Gasteiger partial charge in [-0.05, 0) is 72.7 Å². The number of hydrogen-bond donors (Lipinski definition) is 3. The number of aromatic carboxylic acids is 1. The third-order valence-corrected chi connectivity index (χ3v) is 6.74. The van der Waals surface area contributed by atoms with E-state index in [9.17, 15) is 19.1 Å². The Labute approximate surface area is 220 Å². The van der Waals surface area contributed by atoms with Gasteiger partial charge in [-0.25, -0.2) is 13.9 Å². The molecule has 8 heteroatoms. The van der Waals surface area contributed by atoms with Crippen molar-refractivity contribution in [2.45, 2.75) is 32.2 Å². The quantitative estimate of drug-likeness (QED) is 0.257. The van der Waals surface area contributed by atoms with E-state index in [1.54, 1.807) is 18.2 Å². The number of halogens is 1. The number of aryl methyl sites for hydroxylation is 1. The predicted octanol–water partition coefficient (Wildman–Crippen LogP) is 5.61. The molecule has 1 atom stereocenters. The standard InChI is InChI=1S/C30H29FN4O3/c1-2-19-7-6-10-23(15-19)35-27(17-26(34-35)30(37)38)29(36)33-25-16-22(13-14-24(25)31)28(32-18-20-11-12-20)21-8-4-3-5-9-21/h3-10,13-17,20,28,32H,2,11-12,18H2,1H3,(H,33,36)(H,37,38). The summed E-state index contributed by atoms with van der Waals surface area (Å²) in [4.78, 5) is 25.0. The van der Waals surface area contributed by atoms with Crippen LogP contribution in [-0.2, 0) is 6.42 Å². The fraction of sp³-hybridized carbons (Fsp3) is 0.233. The van der Waals surface area contributed by atoms with E-state index in [1.165, 1.54) is 29.7 Å². The van der Waals surface area contributed by atoms with Gasteiger partial charge < -0.3 is 15.7 Å². The molecule has 0 radical (unpaired) electrons. The fourth-order valence-electron chi connectivity index (χ4n) is 4.44. The van der Waals surface area contributed by atoms with E-state index in [1.807, 2.05) is 55.5 Å². The number of carboxylic acids is 1. The Morgan fingerprint density at radius 1 is 1.03 bits per heavy atom. The minimum Gasteiger partial charge on any atom is -0.476 e. The van der Waals surface area contributed by atoms with Crippen LogP contribution in [0.1, 0.15) is 63.5 Å². The zero-order valence-electron chi connectivity index (χ0n) is 21.0. The van der Waals surface area contributed by atoms with Crippen LogP contribution in [0.25, 0.3) is 5.69 Å². The van der Waals surface area contributed by atoms with Crippen molar-refractivity contribution in [3.05, 3.63) is 113 Å². The van der Waals surface area contributed by atoms with Crippen LogP contribution in [0, 0.1) is 11.7 Å². The summed E-state index contributed by atoms with van der Waals surface area (Å²) >= 11 is 0. The van der Waals surface area contributed by atoms with Crippen LogP contribution < -0.4 is 10.6 Å². The summed E-state index contributed by atoms with van der Waals surface area (Å²) < 4.78 is 16.2. The van der Waals surface area contributed by atoms with Gasteiger partial charge in [-0.3, -0.25) is 4.79 Å². The molecule has 0 spiro atoms. The molecule has 38 heavy (non-hydrogen) atoms. The third kappa shape index (κ3) is 5.65. The molecule has 0 aliphatic heterocycles. The minimum atomic E-state index is -1.26. The summed E-state index contributed by atoms with van der Waals surface area (Å²) in [5, 5.41) is 19.9. The van der Waals surface area contributed by atoms with Crippen LogP contribution in [0.15, 0.2) is 78.9 Å². The molecule has 1 unspecified atom stereocenters. The first-order chi connectivity index (χ1) is 18.4. The van der Waals surface area contributed by atoms with Gasteiger partial charge in [-0.15, -0.1) is 0 Å². The smallest absolute Gasteiger partial charge is 0.356 e. The van der Waals surface area contributed by atoms with Crippen molar-refractivity contribution in [1.82, 2.24) is 15.1 Å². The van der Waals surface area contributed by atoms with Crippen molar-refractivity contribution in [3.8, 4) is 5.69 Å². The number of hydrogen-bond acceptors (Lipinski definition) is 4. The fourth-order valence-corrected chi connectivity index (χ4v) is 4.44. The molecule has 1 saturated carbocycles. The van der Waals surface area contributed by atoms with Crippen LogP contribution >= 0.6 is 0 Å². The molecule has 1 aliphatic rings. The highest BCUT2D eigenvalue weighted by molar-refractivity contribution is 6.04. The SMILES string of the molecule is CCc1cccc(-n2nc(C(=O)O)cc2C(=O)Nc2cc(C(NCC3CC3)c3ccccc3)ccc2F)c1. The number of carboxylic acid groups (broad SMARTS) is 1. The zero-order valence-corrected chi connectivity index (χ0v) is 21.0. The molecule has 1 heterocycles. The maximum absolute atomic E-state index is 14.9. The summed E-state index contributed by atoms with van der Waals surface area (Å²) in [6.45, 7) is 2.85. The van der Waals surface area contributed by atoms with Crippen molar-refractivity contribution in [2.75, 3.05) is 11.9 Å². The molecular formula is C30H29FN4O3. The Hall–Kier alpha value is -4.30. The summed E-state index contributed by atoms with van der Waals surface area (Å²) in [6, 6.07) is 22.9. The van der Waals surface area contributed by atoms with Crippen molar-refractivity contribution in [1.29, 1.82) is 0 Å². The van der Waals surface area contributed by atoms with Gasteiger partial charge in [0.2, 0.25) is 0 Å². The molecule has 7 nitrogen and oxygen atoms in total. The number of nitrogens with zero attached hydrogens (tertiary/aromatic N) is 2. The second kappa shape index (κ2) is 11.0. The summed E-state index contributed by atoms with van der Waals surface area (Å²) in [5.74, 6) is -1.86. The zero-order chi connectivity index (χ0) is 26.6. The molecule has 0 saturated heterocycles. The summed E-state index contributed by atoms with van der Waals surface area (Å²) in [7, 11) is 0. The molecule has 1 fully saturated rings. The average Bonchev–Trinajstić information content (AvgIpc) is 3.65. The lowest BCUT2D eigenvalue weighted by Gasteiger charge is -2.21. The van der Waals surface area contributed by atoms with Crippen LogP contribution in [-0.4, -0.2) is 33.3 Å². The first-order valence-electron chi connectivity index (χ1n) is 12.7. The number of carbonyl (C=O) groups is 2. The molecule has 194 valence electrons. The number of rotatable bonds is 10. The number of benzene rings is 3. The van der Waals surface area contributed by atoms with E-state index in [-0.39, 0.29) is 23.1 Å². The van der Waals surface area contributed by atoms with Crippen LogP contribution in [0.2, 0.25) is 0 Å². The van der Waals surface area contributed by atoms with Crippen molar-refractivity contribution in [2.24, 2.45) is 5.92 Å². The van der Waals surface area contributed by atoms with E-state index in [2.05, 4.69) is 15.7 Å². The highest BCUT2D eigenvalue weighted by Crippen LogP contribution is 2.31. The minimum absolute atomic E-state index is 0.00748. The Bertz CT molecular complexity index is 1460. The van der Waals surface area contributed by atoms with Crippen molar-refractivity contribution < 1.29 is 19.1 Å². The van der Waals surface area contributed by atoms with Gasteiger partial charge in [0.25, 0.3) is 5.91 Å². The molecule has 5 rings (SSSR count). The molecule has 3 N–H and O–H groups in total. The molecular weight excluding hydrogens is 483 g/mol. The van der Waals surface area contributed by atoms with Gasteiger partial charge in [0, 0.05) is 6.07 Å². The van der Waals surface area contributed by atoms with Gasteiger partial charge in [0.1, 0.15) is 11.5 Å². The Morgan fingerprint density at radius 3 is 2.53 bits per heavy atom. The van der Waals surface area contributed by atoms with Gasteiger partial charge in [-0.2, -0.15) is 5.10 Å². The lowest BCUT2D eigenvalue weighted by atomic mass is 9.97. The van der Waals surface area contributed by atoms with Crippen LogP contribution in [0.4, 0.5) is 10.1 Å². The van der Waals surface area contributed by atoms with Crippen LogP contribution in [0.5, 0.6) is 0 Å². The van der Waals surface area contributed by atoms with E-state index in [4.69, 9.17) is 0 Å². The van der Waals surface area contributed by atoms with Gasteiger partial charge in [-0.1, -0.05) is 55.5 Å². The van der Waals surface area contributed by atoms with Gasteiger partial charge >= 0.3 is 5.97 Å². The first kappa shape index (κ1) is 25.4. The van der Waals surface area contributed by atoms with E-state index >= 15 is 0 Å². The van der Waals surface area contributed by atoms with E-state index < -0.39 is 17.7 Å². The number of carbonyl (C=O) groups excluding carboxylic acids is 1. The Kier molecular flexibility index (Phi) is 7.33. The first-order valence-corrected chi connectivity index (χ1v) is 12.7. The molecule has 4 aromatic rings. The molecule has 0 bridgehead atoms. The topological polar surface area (TPSA) is 96.2 Å². The number of anilines is 1. The lowest BCUT2D eigenvalue weighted by Crippen LogP contribution is -2.25. The molecule has 1 aromatic heterocycles. The average molecular weight is 513 g/mol. The third-order valence-electron chi connectivity index (χ3n) is 6.74. The van der Waals surface area contributed by atoms with Gasteiger partial charge in [0.15, 0.2) is 5.69 Å². The van der Waals surface area contributed by atoms with E-state index in [0.29, 0.717) is 11.6 Å². The highest BCUT2D eigenvalue weighted by atomic mass is 19.1.